The Labute approximate surface area is 74.1 Å². The van der Waals surface area contributed by atoms with Gasteiger partial charge in [0.1, 0.15) is 0 Å². The molecular formula is C4GeN4O4. The Hall–Kier alpha value is -1.94. The van der Waals surface area contributed by atoms with E-state index in [-0.39, 0.29) is 0 Å². The van der Waals surface area contributed by atoms with Crippen LogP contribution in [0.5, 0.6) is 0 Å². The molecule has 0 aromatic heterocycles. The molecule has 0 fully saturated rings. The summed E-state index contributed by atoms with van der Waals surface area (Å²) in [6.45, 7) is 0. The van der Waals surface area contributed by atoms with E-state index in [2.05, 4.69) is 15.8 Å². The van der Waals surface area contributed by atoms with Crippen LogP contribution in [0.1, 0.15) is 0 Å². The van der Waals surface area contributed by atoms with Crippen molar-refractivity contribution < 1.29 is 19.2 Å². The number of nitrogens with zero attached hydrogens (tertiary/aromatic N) is 4. The summed E-state index contributed by atoms with van der Waals surface area (Å²) in [5.74, 6) is 0. The Morgan fingerprint density at radius 2 is 0.846 bits per heavy atom. The molecule has 0 amide bonds. The SMILES string of the molecule is O=C=[N][Ge]([N]=C=O)([N]=C=O)[N]=C=O. The fourth-order valence-electron chi connectivity index (χ4n) is 0.395. The van der Waals surface area contributed by atoms with E-state index in [1.807, 2.05) is 0 Å². The standard InChI is InChI=1S/C4GeN4O4/c10-1-6-5(7-2-11,8-3-12)9-4-13. The topological polar surface area (TPSA) is 118 Å². The molecule has 64 valence electrons. The van der Waals surface area contributed by atoms with Crippen molar-refractivity contribution >= 4 is 38.5 Å². The summed E-state index contributed by atoms with van der Waals surface area (Å²) in [6, 6.07) is 0. The molecule has 0 rings (SSSR count). The van der Waals surface area contributed by atoms with Crippen molar-refractivity contribution in [3.63, 3.8) is 0 Å². The van der Waals surface area contributed by atoms with Gasteiger partial charge in [0.15, 0.2) is 0 Å². The molecule has 0 aromatic rings. The zero-order valence-corrected chi connectivity index (χ0v) is 8.02. The molecule has 0 N–H and O–H groups in total. The second-order valence-corrected chi connectivity index (χ2v) is 5.81. The third-order valence-corrected chi connectivity index (χ3v) is 4.07. The number of rotatable bonds is 4. The minimum absolute atomic E-state index is 1.00. The van der Waals surface area contributed by atoms with Crippen LogP contribution in [0, 0.1) is 0 Å². The van der Waals surface area contributed by atoms with Gasteiger partial charge in [-0.15, -0.1) is 0 Å². The fraction of sp³-hybridized carbons (Fsp3) is 0. The van der Waals surface area contributed by atoms with Crippen LogP contribution in [0.3, 0.4) is 0 Å². The van der Waals surface area contributed by atoms with E-state index in [0.29, 0.717) is 0 Å². The maximum absolute atomic E-state index is 9.83. The van der Waals surface area contributed by atoms with Crippen molar-refractivity contribution in [2.75, 3.05) is 0 Å². The summed E-state index contributed by atoms with van der Waals surface area (Å²) in [5, 5.41) is 0. The van der Waals surface area contributed by atoms with Gasteiger partial charge in [0.2, 0.25) is 0 Å². The summed E-state index contributed by atoms with van der Waals surface area (Å²) in [6.07, 6.45) is 4.01. The van der Waals surface area contributed by atoms with Gasteiger partial charge < -0.3 is 0 Å². The average molecular weight is 241 g/mol. The third kappa shape index (κ3) is 3.31. The Morgan fingerprint density at radius 3 is 1.00 bits per heavy atom. The van der Waals surface area contributed by atoms with Gasteiger partial charge in [0.05, 0.1) is 0 Å². The number of hydrogen-bond donors (Lipinski definition) is 0. The maximum atomic E-state index is 9.83. The Kier molecular flexibility index (Phi) is 4.83. The summed E-state index contributed by atoms with van der Waals surface area (Å²) >= 11 is -4.51. The second kappa shape index (κ2) is 5.68. The minimum atomic E-state index is -4.51. The van der Waals surface area contributed by atoms with E-state index >= 15 is 0 Å². The van der Waals surface area contributed by atoms with Crippen LogP contribution >= 0.6 is 0 Å². The monoisotopic (exact) mass is 242 g/mol. The first-order valence-corrected chi connectivity index (χ1v) is 6.36. The predicted octanol–water partition coefficient (Wildman–Crippen LogP) is -1.23. The molecule has 0 heterocycles. The van der Waals surface area contributed by atoms with Crippen LogP contribution < -0.4 is 0 Å². The van der Waals surface area contributed by atoms with E-state index in [4.69, 9.17) is 0 Å². The number of isocyanates is 4. The zero-order chi connectivity index (χ0) is 10.2. The molecule has 0 unspecified atom stereocenters. The van der Waals surface area contributed by atoms with Crippen LogP contribution in [-0.2, 0) is 19.2 Å². The summed E-state index contributed by atoms with van der Waals surface area (Å²) in [7, 11) is 0. The van der Waals surface area contributed by atoms with E-state index < -0.39 is 14.2 Å². The van der Waals surface area contributed by atoms with Gasteiger partial charge in [-0.05, 0) is 0 Å². The molecule has 0 radical (unpaired) electrons. The quantitative estimate of drug-likeness (QED) is 0.347. The molecule has 0 saturated heterocycles. The van der Waals surface area contributed by atoms with Gasteiger partial charge in [0, 0.05) is 0 Å². The first-order chi connectivity index (χ1) is 6.24. The molecule has 0 aliphatic carbocycles. The van der Waals surface area contributed by atoms with Gasteiger partial charge in [-0.2, -0.15) is 0 Å². The zero-order valence-electron chi connectivity index (χ0n) is 5.92. The molecule has 9 heteroatoms. The number of carbonyl (C=O) groups excluding carboxylic acids is 4. The molecule has 8 nitrogen and oxygen atoms in total. The number of hydrogen-bond acceptors (Lipinski definition) is 8. The second-order valence-electron chi connectivity index (χ2n) is 1.41. The van der Waals surface area contributed by atoms with E-state index in [1.165, 1.54) is 0 Å². The first kappa shape index (κ1) is 11.1. The molecular weight excluding hydrogens is 241 g/mol. The summed E-state index contributed by atoms with van der Waals surface area (Å²) in [5.41, 5.74) is 0. The Bertz CT molecular complexity index is 303. The first-order valence-electron chi connectivity index (χ1n) is 2.61. The molecule has 0 spiro atoms. The third-order valence-electron chi connectivity index (χ3n) is 0.783. The average Bonchev–Trinajstić information content (AvgIpc) is 2.06. The molecule has 0 saturated carbocycles. The van der Waals surface area contributed by atoms with Crippen LogP contribution in [0.25, 0.3) is 0 Å². The summed E-state index contributed by atoms with van der Waals surface area (Å²) < 4.78 is 11.7. The van der Waals surface area contributed by atoms with E-state index in [1.54, 1.807) is 0 Å². The Morgan fingerprint density at radius 1 is 0.615 bits per heavy atom. The van der Waals surface area contributed by atoms with Crippen molar-refractivity contribution in [3.05, 3.63) is 0 Å². The van der Waals surface area contributed by atoms with Gasteiger partial charge in [-0.25, -0.2) is 0 Å². The van der Waals surface area contributed by atoms with Gasteiger partial charge >= 0.3 is 73.5 Å². The van der Waals surface area contributed by atoms with Crippen molar-refractivity contribution in [2.45, 2.75) is 0 Å². The van der Waals surface area contributed by atoms with Crippen molar-refractivity contribution in [1.82, 2.24) is 0 Å². The van der Waals surface area contributed by atoms with Crippen molar-refractivity contribution in [1.29, 1.82) is 0 Å². The van der Waals surface area contributed by atoms with Gasteiger partial charge in [-0.1, -0.05) is 0 Å². The van der Waals surface area contributed by atoms with Crippen molar-refractivity contribution in [2.24, 2.45) is 15.8 Å². The molecule has 0 aromatic carbocycles. The van der Waals surface area contributed by atoms with Gasteiger partial charge in [-0.3, -0.25) is 0 Å². The van der Waals surface area contributed by atoms with Crippen LogP contribution in [0.2, 0.25) is 0 Å². The molecule has 13 heavy (non-hydrogen) atoms. The van der Waals surface area contributed by atoms with Crippen LogP contribution in [-0.4, -0.2) is 38.5 Å². The molecule has 0 aliphatic heterocycles. The van der Waals surface area contributed by atoms with Crippen LogP contribution in [0.4, 0.5) is 0 Å². The fourth-order valence-corrected chi connectivity index (χ4v) is 2.05. The van der Waals surface area contributed by atoms with Crippen molar-refractivity contribution in [3.8, 4) is 0 Å². The predicted molar refractivity (Wildman–Crippen MR) is 38.2 cm³/mol. The molecule has 0 bridgehead atoms. The van der Waals surface area contributed by atoms with E-state index in [0.717, 1.165) is 24.3 Å². The van der Waals surface area contributed by atoms with Gasteiger partial charge in [0.25, 0.3) is 0 Å². The Balaban J connectivity index is 5.52. The van der Waals surface area contributed by atoms with E-state index in [9.17, 15) is 19.2 Å². The molecule has 0 aliphatic rings. The summed E-state index contributed by atoms with van der Waals surface area (Å²) in [4.78, 5) is 39.3. The molecule has 0 atom stereocenters. The normalized spacial score (nSPS) is 11.7. The van der Waals surface area contributed by atoms with Crippen LogP contribution in [0.15, 0.2) is 15.8 Å².